The molecule has 0 radical (unpaired) electrons. The molecule has 2 rings (SSSR count). The van der Waals surface area contributed by atoms with Crippen LogP contribution in [0.2, 0.25) is 10.0 Å². The molecule has 24 heavy (non-hydrogen) atoms. The number of halogens is 5. The van der Waals surface area contributed by atoms with Crippen molar-refractivity contribution in [3.8, 4) is 0 Å². The van der Waals surface area contributed by atoms with Crippen LogP contribution < -0.4 is 10.6 Å². The Kier molecular flexibility index (Phi) is 5.69. The molecule has 126 valence electrons. The highest BCUT2D eigenvalue weighted by atomic mass is 35.5. The molecule has 0 saturated heterocycles. The summed E-state index contributed by atoms with van der Waals surface area (Å²) in [6.45, 7) is 0. The van der Waals surface area contributed by atoms with E-state index in [1.54, 1.807) is 0 Å². The molecule has 0 fully saturated rings. The Balaban J connectivity index is 1.99. The van der Waals surface area contributed by atoms with Gasteiger partial charge in [-0.05, 0) is 30.3 Å². The highest BCUT2D eigenvalue weighted by Crippen LogP contribution is 2.23. The molecule has 2 aromatic carbocycles. The summed E-state index contributed by atoms with van der Waals surface area (Å²) in [7, 11) is 0. The van der Waals surface area contributed by atoms with Crippen LogP contribution in [-0.2, 0) is 9.59 Å². The monoisotopic (exact) mass is 376 g/mol. The van der Waals surface area contributed by atoms with Crippen molar-refractivity contribution in [2.24, 2.45) is 0 Å². The SMILES string of the molecule is O=C(CC(=O)Nc1ccc(F)c(F)c1F)Nc1cc(Cl)cc(Cl)c1. The molecule has 9 heteroatoms. The molecule has 0 aliphatic heterocycles. The standard InChI is InChI=1S/C15H9Cl2F3N2O2/c16-7-3-8(17)5-9(4-7)21-12(23)6-13(24)22-11-2-1-10(18)14(19)15(11)20/h1-5H,6H2,(H,21,23)(H,22,24). The van der Waals surface area contributed by atoms with Gasteiger partial charge in [-0.25, -0.2) is 13.2 Å². The van der Waals surface area contributed by atoms with Gasteiger partial charge in [0.15, 0.2) is 17.5 Å². The van der Waals surface area contributed by atoms with Crippen LogP contribution in [0, 0.1) is 17.5 Å². The smallest absolute Gasteiger partial charge is 0.233 e. The van der Waals surface area contributed by atoms with E-state index in [0.717, 1.165) is 6.07 Å². The number of carbonyl (C=O) groups is 2. The molecule has 0 aromatic heterocycles. The first-order valence-corrected chi connectivity index (χ1v) is 7.21. The summed E-state index contributed by atoms with van der Waals surface area (Å²) in [4.78, 5) is 23.4. The van der Waals surface area contributed by atoms with Gasteiger partial charge in [0.25, 0.3) is 0 Å². The third-order valence-electron chi connectivity index (χ3n) is 2.78. The van der Waals surface area contributed by atoms with Crippen molar-refractivity contribution in [2.45, 2.75) is 6.42 Å². The van der Waals surface area contributed by atoms with E-state index in [2.05, 4.69) is 5.32 Å². The number of rotatable bonds is 4. The topological polar surface area (TPSA) is 58.2 Å². The number of hydrogen-bond acceptors (Lipinski definition) is 2. The summed E-state index contributed by atoms with van der Waals surface area (Å²) in [5.74, 6) is -6.29. The summed E-state index contributed by atoms with van der Waals surface area (Å²) in [6.07, 6.45) is -0.678. The first kappa shape index (κ1) is 18.1. The molecule has 0 aliphatic rings. The molecular weight excluding hydrogens is 368 g/mol. The van der Waals surface area contributed by atoms with E-state index < -0.39 is 41.4 Å². The summed E-state index contributed by atoms with van der Waals surface area (Å²) < 4.78 is 39.3. The zero-order valence-electron chi connectivity index (χ0n) is 11.8. The summed E-state index contributed by atoms with van der Waals surface area (Å²) in [6, 6.07) is 5.79. The fraction of sp³-hybridized carbons (Fsp3) is 0.0667. The lowest BCUT2D eigenvalue weighted by Crippen LogP contribution is -2.22. The van der Waals surface area contributed by atoms with Crippen molar-refractivity contribution in [3.05, 3.63) is 57.8 Å². The molecule has 0 saturated carbocycles. The van der Waals surface area contributed by atoms with Crippen LogP contribution in [0.3, 0.4) is 0 Å². The Morgan fingerprint density at radius 3 is 2.08 bits per heavy atom. The molecule has 0 bridgehead atoms. The summed E-state index contributed by atoms with van der Waals surface area (Å²) >= 11 is 11.5. The zero-order chi connectivity index (χ0) is 17.9. The number of amides is 2. The number of hydrogen-bond donors (Lipinski definition) is 2. The van der Waals surface area contributed by atoms with E-state index in [4.69, 9.17) is 23.2 Å². The Bertz CT molecular complexity index is 795. The van der Waals surface area contributed by atoms with Crippen molar-refractivity contribution in [2.75, 3.05) is 10.6 Å². The van der Waals surface area contributed by atoms with Gasteiger partial charge in [0.2, 0.25) is 11.8 Å². The molecule has 2 N–H and O–H groups in total. The van der Waals surface area contributed by atoms with Crippen molar-refractivity contribution >= 4 is 46.4 Å². The molecule has 0 heterocycles. The summed E-state index contributed by atoms with van der Waals surface area (Å²) in [5, 5.41) is 4.93. The lowest BCUT2D eigenvalue weighted by Gasteiger charge is -2.08. The van der Waals surface area contributed by atoms with Gasteiger partial charge in [-0.1, -0.05) is 23.2 Å². The van der Waals surface area contributed by atoms with Crippen LogP contribution in [0.25, 0.3) is 0 Å². The number of anilines is 2. The minimum absolute atomic E-state index is 0.268. The molecule has 2 amide bonds. The Hall–Kier alpha value is -2.25. The minimum atomic E-state index is -1.72. The van der Waals surface area contributed by atoms with Crippen molar-refractivity contribution in [3.63, 3.8) is 0 Å². The molecule has 0 unspecified atom stereocenters. The van der Waals surface area contributed by atoms with Crippen LogP contribution in [0.15, 0.2) is 30.3 Å². The maximum Gasteiger partial charge on any atom is 0.233 e. The second kappa shape index (κ2) is 7.55. The first-order valence-electron chi connectivity index (χ1n) is 6.45. The normalized spacial score (nSPS) is 10.4. The van der Waals surface area contributed by atoms with E-state index in [0.29, 0.717) is 6.07 Å². The molecule has 2 aromatic rings. The van der Waals surface area contributed by atoms with Crippen LogP contribution >= 0.6 is 23.2 Å². The molecule has 0 atom stereocenters. The zero-order valence-corrected chi connectivity index (χ0v) is 13.3. The fourth-order valence-electron chi connectivity index (χ4n) is 1.79. The number of benzene rings is 2. The van der Waals surface area contributed by atoms with Crippen LogP contribution in [0.5, 0.6) is 0 Å². The van der Waals surface area contributed by atoms with Gasteiger partial charge in [0.1, 0.15) is 6.42 Å². The van der Waals surface area contributed by atoms with Crippen molar-refractivity contribution in [1.29, 1.82) is 0 Å². The average molecular weight is 377 g/mol. The molecular formula is C15H9Cl2F3N2O2. The Morgan fingerprint density at radius 2 is 1.46 bits per heavy atom. The maximum atomic E-state index is 13.4. The van der Waals surface area contributed by atoms with Gasteiger partial charge >= 0.3 is 0 Å². The average Bonchev–Trinajstić information content (AvgIpc) is 2.46. The first-order chi connectivity index (χ1) is 11.3. The molecule has 0 aliphatic carbocycles. The predicted octanol–water partition coefficient (Wildman–Crippen LogP) is 4.38. The van der Waals surface area contributed by atoms with Crippen LogP contribution in [-0.4, -0.2) is 11.8 Å². The highest BCUT2D eigenvalue weighted by Gasteiger charge is 2.17. The van der Waals surface area contributed by atoms with Gasteiger partial charge in [-0.3, -0.25) is 9.59 Å². The van der Waals surface area contributed by atoms with Crippen LogP contribution in [0.4, 0.5) is 24.5 Å². The second-order valence-corrected chi connectivity index (χ2v) is 5.53. The van der Waals surface area contributed by atoms with Gasteiger partial charge in [0.05, 0.1) is 5.69 Å². The largest absolute Gasteiger partial charge is 0.326 e. The van der Waals surface area contributed by atoms with E-state index >= 15 is 0 Å². The van der Waals surface area contributed by atoms with Gasteiger partial charge in [-0.15, -0.1) is 0 Å². The van der Waals surface area contributed by atoms with Gasteiger partial charge in [0, 0.05) is 15.7 Å². The fourth-order valence-corrected chi connectivity index (χ4v) is 2.32. The van der Waals surface area contributed by atoms with E-state index in [1.165, 1.54) is 18.2 Å². The second-order valence-electron chi connectivity index (χ2n) is 4.65. The highest BCUT2D eigenvalue weighted by molar-refractivity contribution is 6.35. The maximum absolute atomic E-state index is 13.4. The third-order valence-corrected chi connectivity index (χ3v) is 3.21. The third kappa shape index (κ3) is 4.62. The van der Waals surface area contributed by atoms with E-state index in [-0.39, 0.29) is 15.7 Å². The molecule has 0 spiro atoms. The van der Waals surface area contributed by atoms with Crippen LogP contribution in [0.1, 0.15) is 6.42 Å². The predicted molar refractivity (Wildman–Crippen MR) is 84.7 cm³/mol. The summed E-state index contributed by atoms with van der Waals surface area (Å²) in [5.41, 5.74) is -0.304. The van der Waals surface area contributed by atoms with E-state index in [1.807, 2.05) is 5.32 Å². The van der Waals surface area contributed by atoms with Gasteiger partial charge in [-0.2, -0.15) is 0 Å². The molecule has 4 nitrogen and oxygen atoms in total. The lowest BCUT2D eigenvalue weighted by atomic mass is 10.2. The van der Waals surface area contributed by atoms with Gasteiger partial charge < -0.3 is 10.6 Å². The Morgan fingerprint density at radius 1 is 0.875 bits per heavy atom. The van der Waals surface area contributed by atoms with Crippen molar-refractivity contribution in [1.82, 2.24) is 0 Å². The number of carbonyl (C=O) groups excluding carboxylic acids is 2. The van der Waals surface area contributed by atoms with E-state index in [9.17, 15) is 22.8 Å². The quantitative estimate of drug-likeness (QED) is 0.614. The lowest BCUT2D eigenvalue weighted by molar-refractivity contribution is -0.123. The number of nitrogens with one attached hydrogen (secondary N) is 2. The Labute approximate surface area is 144 Å². The van der Waals surface area contributed by atoms with Crippen molar-refractivity contribution < 1.29 is 22.8 Å². The minimum Gasteiger partial charge on any atom is -0.326 e.